The smallest absolute Gasteiger partial charge is 0.0475 e. The monoisotopic (exact) mass is 220 g/mol. The number of hydrogen-bond acceptors (Lipinski definition) is 2. The molecule has 0 heterocycles. The molecule has 0 aliphatic rings. The molecule has 1 rings (SSSR count). The van der Waals surface area contributed by atoms with Gasteiger partial charge >= 0.3 is 0 Å². The van der Waals surface area contributed by atoms with E-state index in [1.807, 2.05) is 0 Å². The van der Waals surface area contributed by atoms with Gasteiger partial charge in [0.1, 0.15) is 0 Å². The molecular weight excluding hydrogens is 196 g/mol. The van der Waals surface area contributed by atoms with E-state index in [-0.39, 0.29) is 0 Å². The average Bonchev–Trinajstić information content (AvgIpc) is 2.30. The van der Waals surface area contributed by atoms with E-state index in [4.69, 9.17) is 0 Å². The molecule has 0 bridgehead atoms. The number of rotatable bonds is 6. The van der Waals surface area contributed by atoms with Crippen molar-refractivity contribution in [2.24, 2.45) is 0 Å². The molecule has 0 fully saturated rings. The lowest BCUT2D eigenvalue weighted by molar-refractivity contribution is 0.247. The van der Waals surface area contributed by atoms with Crippen LogP contribution in [0.5, 0.6) is 0 Å². The molecule has 90 valence electrons. The molecule has 1 N–H and O–H groups in total. The zero-order chi connectivity index (χ0) is 12.0. The predicted octanol–water partition coefficient (Wildman–Crippen LogP) is 2.68. The van der Waals surface area contributed by atoms with Gasteiger partial charge in [-0.15, -0.1) is 0 Å². The number of likely N-dealkylation sites (N-methyl/N-ethyl adjacent to an activating group) is 1. The Kier molecular flexibility index (Phi) is 5.50. The number of nitrogens with one attached hydrogen (secondary N) is 1. The summed E-state index contributed by atoms with van der Waals surface area (Å²) in [5.41, 5.74) is 1.37. The third-order valence-corrected chi connectivity index (χ3v) is 3.07. The van der Waals surface area contributed by atoms with E-state index in [1.165, 1.54) is 12.0 Å². The van der Waals surface area contributed by atoms with Crippen LogP contribution in [0.1, 0.15) is 31.9 Å². The highest BCUT2D eigenvalue weighted by Gasteiger charge is 2.19. The zero-order valence-electron chi connectivity index (χ0n) is 10.9. The highest BCUT2D eigenvalue weighted by molar-refractivity contribution is 5.20. The van der Waals surface area contributed by atoms with Crippen LogP contribution in [0.25, 0.3) is 0 Å². The van der Waals surface area contributed by atoms with Crippen molar-refractivity contribution >= 4 is 0 Å². The Morgan fingerprint density at radius 3 is 2.31 bits per heavy atom. The molecule has 0 aliphatic carbocycles. The molecule has 2 nitrogen and oxygen atoms in total. The first-order valence-corrected chi connectivity index (χ1v) is 6.11. The Balaban J connectivity index is 2.79. The van der Waals surface area contributed by atoms with Gasteiger partial charge in [0.2, 0.25) is 0 Å². The van der Waals surface area contributed by atoms with E-state index in [1.54, 1.807) is 0 Å². The molecule has 0 saturated carbocycles. The van der Waals surface area contributed by atoms with Crippen LogP contribution < -0.4 is 5.32 Å². The molecule has 2 unspecified atom stereocenters. The minimum atomic E-state index is 0.413. The summed E-state index contributed by atoms with van der Waals surface area (Å²) < 4.78 is 0. The van der Waals surface area contributed by atoms with E-state index >= 15 is 0 Å². The van der Waals surface area contributed by atoms with Gasteiger partial charge in [0, 0.05) is 12.1 Å². The van der Waals surface area contributed by atoms with Crippen molar-refractivity contribution < 1.29 is 0 Å². The molecule has 0 saturated heterocycles. The molecule has 0 amide bonds. The summed E-state index contributed by atoms with van der Waals surface area (Å²) >= 11 is 0. The topological polar surface area (TPSA) is 15.3 Å². The molecule has 0 aliphatic heterocycles. The second kappa shape index (κ2) is 6.66. The van der Waals surface area contributed by atoms with E-state index in [0.717, 1.165) is 6.54 Å². The van der Waals surface area contributed by atoms with Crippen molar-refractivity contribution in [1.29, 1.82) is 0 Å². The maximum absolute atomic E-state index is 3.63. The lowest BCUT2D eigenvalue weighted by atomic mass is 9.99. The van der Waals surface area contributed by atoms with Gasteiger partial charge in [-0.2, -0.15) is 0 Å². The zero-order valence-corrected chi connectivity index (χ0v) is 10.9. The lowest BCUT2D eigenvalue weighted by Gasteiger charge is -2.30. The first-order valence-electron chi connectivity index (χ1n) is 6.11. The Labute approximate surface area is 99.7 Å². The molecule has 0 radical (unpaired) electrons. The van der Waals surface area contributed by atoms with Gasteiger partial charge in [-0.25, -0.2) is 0 Å². The molecule has 0 spiro atoms. The van der Waals surface area contributed by atoms with Crippen molar-refractivity contribution in [3.05, 3.63) is 35.9 Å². The van der Waals surface area contributed by atoms with Gasteiger partial charge in [-0.1, -0.05) is 37.3 Å². The van der Waals surface area contributed by atoms with Crippen molar-refractivity contribution in [3.63, 3.8) is 0 Å². The minimum absolute atomic E-state index is 0.413. The van der Waals surface area contributed by atoms with E-state index in [2.05, 4.69) is 68.5 Å². The summed E-state index contributed by atoms with van der Waals surface area (Å²) in [6.45, 7) is 5.54. The van der Waals surface area contributed by atoms with Crippen LogP contribution >= 0.6 is 0 Å². The molecule has 1 aromatic carbocycles. The van der Waals surface area contributed by atoms with Gasteiger partial charge in [0.05, 0.1) is 0 Å². The van der Waals surface area contributed by atoms with Crippen LogP contribution in [-0.2, 0) is 0 Å². The van der Waals surface area contributed by atoms with Gasteiger partial charge in [-0.05, 0) is 39.5 Å². The second-order valence-electron chi connectivity index (χ2n) is 4.55. The maximum atomic E-state index is 3.63. The second-order valence-corrected chi connectivity index (χ2v) is 4.55. The van der Waals surface area contributed by atoms with Crippen LogP contribution in [0.4, 0.5) is 0 Å². The Bertz CT molecular complexity index is 282. The summed E-state index contributed by atoms with van der Waals surface area (Å²) in [6.07, 6.45) is 1.17. The highest BCUT2D eigenvalue weighted by Crippen LogP contribution is 2.19. The summed E-state index contributed by atoms with van der Waals surface area (Å²) in [5, 5.41) is 3.63. The van der Waals surface area contributed by atoms with E-state index in [9.17, 15) is 0 Å². The fourth-order valence-electron chi connectivity index (χ4n) is 1.83. The Hall–Kier alpha value is -0.860. The minimum Gasteiger partial charge on any atom is -0.309 e. The first-order chi connectivity index (χ1) is 7.66. The SMILES string of the molecule is CCCNC(c1ccccc1)C(C)N(C)C. The highest BCUT2D eigenvalue weighted by atomic mass is 15.1. The predicted molar refractivity (Wildman–Crippen MR) is 70.6 cm³/mol. The third kappa shape index (κ3) is 3.62. The van der Waals surface area contributed by atoms with Gasteiger partial charge < -0.3 is 10.2 Å². The normalized spacial score (nSPS) is 15.1. The molecule has 2 atom stereocenters. The van der Waals surface area contributed by atoms with Crippen molar-refractivity contribution in [2.45, 2.75) is 32.4 Å². The van der Waals surface area contributed by atoms with Crippen LogP contribution in [0.2, 0.25) is 0 Å². The standard InChI is InChI=1S/C14H24N2/c1-5-11-15-14(12(2)16(3)4)13-9-7-6-8-10-13/h6-10,12,14-15H,5,11H2,1-4H3. The largest absolute Gasteiger partial charge is 0.309 e. The molecule has 16 heavy (non-hydrogen) atoms. The van der Waals surface area contributed by atoms with Crippen molar-refractivity contribution in [2.75, 3.05) is 20.6 Å². The van der Waals surface area contributed by atoms with Gasteiger partial charge in [0.25, 0.3) is 0 Å². The van der Waals surface area contributed by atoms with Gasteiger partial charge in [0.15, 0.2) is 0 Å². The van der Waals surface area contributed by atoms with Gasteiger partial charge in [-0.3, -0.25) is 0 Å². The van der Waals surface area contributed by atoms with Crippen LogP contribution in [-0.4, -0.2) is 31.6 Å². The number of benzene rings is 1. The summed E-state index contributed by atoms with van der Waals surface area (Å²) in [5.74, 6) is 0. The number of hydrogen-bond donors (Lipinski definition) is 1. The third-order valence-electron chi connectivity index (χ3n) is 3.07. The quantitative estimate of drug-likeness (QED) is 0.793. The molecule has 0 aromatic heterocycles. The average molecular weight is 220 g/mol. The fraction of sp³-hybridized carbons (Fsp3) is 0.571. The summed E-state index contributed by atoms with van der Waals surface area (Å²) in [7, 11) is 4.27. The van der Waals surface area contributed by atoms with E-state index in [0.29, 0.717) is 12.1 Å². The maximum Gasteiger partial charge on any atom is 0.0475 e. The lowest BCUT2D eigenvalue weighted by Crippen LogP contribution is -2.39. The van der Waals surface area contributed by atoms with Crippen LogP contribution in [0.15, 0.2) is 30.3 Å². The van der Waals surface area contributed by atoms with E-state index < -0.39 is 0 Å². The molecule has 1 aromatic rings. The first kappa shape index (κ1) is 13.2. The summed E-state index contributed by atoms with van der Waals surface area (Å²) in [6, 6.07) is 11.6. The Morgan fingerprint density at radius 1 is 1.19 bits per heavy atom. The van der Waals surface area contributed by atoms with Crippen molar-refractivity contribution in [3.8, 4) is 0 Å². The fourth-order valence-corrected chi connectivity index (χ4v) is 1.83. The summed E-state index contributed by atoms with van der Waals surface area (Å²) in [4.78, 5) is 2.26. The number of nitrogens with zero attached hydrogens (tertiary/aromatic N) is 1. The van der Waals surface area contributed by atoms with Crippen LogP contribution in [0, 0.1) is 0 Å². The Morgan fingerprint density at radius 2 is 1.81 bits per heavy atom. The molecule has 2 heteroatoms. The van der Waals surface area contributed by atoms with Crippen LogP contribution in [0.3, 0.4) is 0 Å². The molecular formula is C14H24N2. The van der Waals surface area contributed by atoms with Crippen molar-refractivity contribution in [1.82, 2.24) is 10.2 Å².